The topological polar surface area (TPSA) is 121 Å². The molecule has 2 aliphatic heterocycles. The Hall–Kier alpha value is -4.11. The first-order valence-corrected chi connectivity index (χ1v) is 14.9. The fourth-order valence-electron chi connectivity index (χ4n) is 5.56. The lowest BCUT2D eigenvalue weighted by atomic mass is 10.0. The van der Waals surface area contributed by atoms with E-state index in [4.69, 9.17) is 18.9 Å². The number of pyridine rings is 1. The first-order chi connectivity index (χ1) is 21.1. The smallest absolute Gasteiger partial charge is 0.265 e. The van der Waals surface area contributed by atoms with Crippen LogP contribution in [0.25, 0.3) is 10.9 Å². The highest BCUT2D eigenvalue weighted by molar-refractivity contribution is 5.97. The Morgan fingerprint density at radius 1 is 1.05 bits per heavy atom. The number of fused-ring (bicyclic) bond motifs is 1. The number of rotatable bonds is 12. The molecule has 0 radical (unpaired) electrons. The molecule has 11 heteroatoms. The number of piperidine rings is 1. The molecule has 3 heterocycles. The average Bonchev–Trinajstić information content (AvgIpc) is 3.05. The molecule has 0 saturated carbocycles. The van der Waals surface area contributed by atoms with Gasteiger partial charge in [0.05, 0.1) is 37.1 Å². The molecule has 43 heavy (non-hydrogen) atoms. The standard InChI is InChI=1S/C32H40N6O5/c1-40-17-18-42-26-8-6-23(7-9-26)32(39)36-38-14-12-37(13-15-38)31-24(21-33)22-35-28-20-30(29(41-2)19-27(28)31)43-16-10-25-5-3-4-11-34-25/h6-9,19-20,22,25,34H,3-5,10-18H2,1-2H3,(H,36,39). The van der Waals surface area contributed by atoms with Crippen molar-refractivity contribution in [3.8, 4) is 23.3 Å². The van der Waals surface area contributed by atoms with Crippen LogP contribution in [0.3, 0.4) is 0 Å². The third kappa shape index (κ3) is 7.65. The highest BCUT2D eigenvalue weighted by Crippen LogP contribution is 2.38. The number of piperazine rings is 1. The Morgan fingerprint density at radius 2 is 1.86 bits per heavy atom. The first-order valence-electron chi connectivity index (χ1n) is 14.9. The molecule has 1 atom stereocenters. The molecule has 1 aromatic heterocycles. The average molecular weight is 589 g/mol. The number of nitriles is 1. The van der Waals surface area contributed by atoms with Gasteiger partial charge in [-0.15, -0.1) is 0 Å². The largest absolute Gasteiger partial charge is 0.493 e. The van der Waals surface area contributed by atoms with Crippen molar-refractivity contribution in [2.75, 3.05) is 71.7 Å². The van der Waals surface area contributed by atoms with E-state index in [0.717, 1.165) is 29.6 Å². The van der Waals surface area contributed by atoms with Gasteiger partial charge in [-0.25, -0.2) is 5.01 Å². The van der Waals surface area contributed by atoms with E-state index < -0.39 is 0 Å². The van der Waals surface area contributed by atoms with E-state index in [9.17, 15) is 10.1 Å². The molecular weight excluding hydrogens is 548 g/mol. The lowest BCUT2D eigenvalue weighted by molar-refractivity contribution is 0.0777. The Labute approximate surface area is 252 Å². The maximum absolute atomic E-state index is 12.9. The molecule has 2 fully saturated rings. The normalized spacial score (nSPS) is 17.3. The number of carbonyl (C=O) groups excluding carboxylic acids is 1. The van der Waals surface area contributed by atoms with E-state index in [2.05, 4.69) is 26.7 Å². The zero-order chi connectivity index (χ0) is 30.0. The molecule has 0 aliphatic carbocycles. The van der Waals surface area contributed by atoms with Crippen LogP contribution in [-0.4, -0.2) is 88.7 Å². The number of hydrogen-bond acceptors (Lipinski definition) is 10. The number of ether oxygens (including phenoxy) is 4. The summed E-state index contributed by atoms with van der Waals surface area (Å²) in [6.45, 7) is 5.02. The van der Waals surface area contributed by atoms with Gasteiger partial charge in [0.1, 0.15) is 18.4 Å². The Morgan fingerprint density at radius 3 is 2.56 bits per heavy atom. The predicted molar refractivity (Wildman–Crippen MR) is 164 cm³/mol. The van der Waals surface area contributed by atoms with Gasteiger partial charge in [-0.3, -0.25) is 15.2 Å². The van der Waals surface area contributed by atoms with Gasteiger partial charge < -0.3 is 29.2 Å². The summed E-state index contributed by atoms with van der Waals surface area (Å²) in [7, 11) is 3.25. The summed E-state index contributed by atoms with van der Waals surface area (Å²) in [6.07, 6.45) is 6.22. The number of hydrogen-bond donors (Lipinski definition) is 2. The van der Waals surface area contributed by atoms with Crippen molar-refractivity contribution in [2.24, 2.45) is 0 Å². The molecule has 2 aliphatic rings. The van der Waals surface area contributed by atoms with E-state index in [1.165, 1.54) is 19.3 Å². The van der Waals surface area contributed by atoms with Crippen molar-refractivity contribution in [3.63, 3.8) is 0 Å². The minimum atomic E-state index is -0.180. The second-order valence-electron chi connectivity index (χ2n) is 10.7. The molecule has 228 valence electrons. The predicted octanol–water partition coefficient (Wildman–Crippen LogP) is 3.52. The number of anilines is 1. The van der Waals surface area contributed by atoms with Crippen molar-refractivity contribution in [2.45, 2.75) is 31.7 Å². The number of nitrogens with one attached hydrogen (secondary N) is 2. The summed E-state index contributed by atoms with van der Waals surface area (Å²) in [5.74, 6) is 1.77. The van der Waals surface area contributed by atoms with Crippen LogP contribution in [0.5, 0.6) is 17.2 Å². The fourth-order valence-corrected chi connectivity index (χ4v) is 5.56. The van der Waals surface area contributed by atoms with Crippen LogP contribution in [0.2, 0.25) is 0 Å². The van der Waals surface area contributed by atoms with Gasteiger partial charge >= 0.3 is 0 Å². The van der Waals surface area contributed by atoms with Gasteiger partial charge in [-0.2, -0.15) is 5.26 Å². The minimum absolute atomic E-state index is 0.180. The van der Waals surface area contributed by atoms with E-state index in [-0.39, 0.29) is 5.91 Å². The van der Waals surface area contributed by atoms with Gasteiger partial charge in [0.15, 0.2) is 11.5 Å². The van der Waals surface area contributed by atoms with Crippen LogP contribution < -0.4 is 29.9 Å². The SMILES string of the molecule is COCCOc1ccc(C(=O)NN2CCN(c3c(C#N)cnc4cc(OCCC5CCCCN5)c(OC)cc34)CC2)cc1. The molecule has 11 nitrogen and oxygen atoms in total. The van der Waals surface area contributed by atoms with Gasteiger partial charge in [0.25, 0.3) is 5.91 Å². The summed E-state index contributed by atoms with van der Waals surface area (Å²) < 4.78 is 22.4. The number of nitrogens with zero attached hydrogens (tertiary/aromatic N) is 4. The van der Waals surface area contributed by atoms with Crippen molar-refractivity contribution in [3.05, 3.63) is 53.7 Å². The molecule has 2 aromatic carbocycles. The summed E-state index contributed by atoms with van der Waals surface area (Å²) in [5.41, 5.74) is 5.61. The number of methoxy groups -OCH3 is 2. The summed E-state index contributed by atoms with van der Waals surface area (Å²) in [5, 5.41) is 16.2. The third-order valence-corrected chi connectivity index (χ3v) is 7.91. The summed E-state index contributed by atoms with van der Waals surface area (Å²) >= 11 is 0. The Kier molecular flexibility index (Phi) is 10.5. The molecule has 1 amide bonds. The molecule has 5 rings (SSSR count). The van der Waals surface area contributed by atoms with Crippen LogP contribution in [0.4, 0.5) is 5.69 Å². The number of benzene rings is 2. The molecule has 0 bridgehead atoms. The zero-order valence-corrected chi connectivity index (χ0v) is 24.9. The van der Waals surface area contributed by atoms with Crippen LogP contribution in [-0.2, 0) is 4.74 Å². The van der Waals surface area contributed by atoms with Crippen molar-refractivity contribution < 1.29 is 23.7 Å². The lowest BCUT2D eigenvalue weighted by Gasteiger charge is -2.36. The highest BCUT2D eigenvalue weighted by atomic mass is 16.5. The number of aromatic nitrogens is 1. The van der Waals surface area contributed by atoms with E-state index in [0.29, 0.717) is 80.4 Å². The third-order valence-electron chi connectivity index (χ3n) is 7.91. The quantitative estimate of drug-likeness (QED) is 0.304. The van der Waals surface area contributed by atoms with E-state index in [1.54, 1.807) is 44.7 Å². The van der Waals surface area contributed by atoms with Crippen molar-refractivity contribution >= 4 is 22.5 Å². The molecule has 2 saturated heterocycles. The maximum atomic E-state index is 12.9. The highest BCUT2D eigenvalue weighted by Gasteiger charge is 2.24. The molecule has 0 spiro atoms. The van der Waals surface area contributed by atoms with Gasteiger partial charge in [-0.05, 0) is 56.1 Å². The van der Waals surface area contributed by atoms with Gasteiger partial charge in [-0.1, -0.05) is 6.42 Å². The van der Waals surface area contributed by atoms with Crippen LogP contribution >= 0.6 is 0 Å². The second kappa shape index (κ2) is 14.9. The van der Waals surface area contributed by atoms with Crippen LogP contribution in [0.1, 0.15) is 41.6 Å². The maximum Gasteiger partial charge on any atom is 0.265 e. The number of amides is 1. The summed E-state index contributed by atoms with van der Waals surface area (Å²) in [4.78, 5) is 19.6. The molecule has 1 unspecified atom stereocenters. The lowest BCUT2D eigenvalue weighted by Crippen LogP contribution is -2.53. The van der Waals surface area contributed by atoms with E-state index >= 15 is 0 Å². The van der Waals surface area contributed by atoms with Crippen molar-refractivity contribution in [1.29, 1.82) is 5.26 Å². The van der Waals surface area contributed by atoms with Gasteiger partial charge in [0, 0.05) is 62.5 Å². The first kappa shape index (κ1) is 30.4. The summed E-state index contributed by atoms with van der Waals surface area (Å²) in [6, 6.07) is 13.7. The fraction of sp³-hybridized carbons (Fsp3) is 0.469. The van der Waals surface area contributed by atoms with Gasteiger partial charge in [0.2, 0.25) is 0 Å². The minimum Gasteiger partial charge on any atom is -0.493 e. The zero-order valence-electron chi connectivity index (χ0n) is 24.9. The molecule has 3 aromatic rings. The van der Waals surface area contributed by atoms with E-state index in [1.807, 2.05) is 17.1 Å². The number of hydrazine groups is 1. The second-order valence-corrected chi connectivity index (χ2v) is 10.7. The number of carbonyl (C=O) groups is 1. The Bertz CT molecular complexity index is 1410. The van der Waals surface area contributed by atoms with Crippen molar-refractivity contribution in [1.82, 2.24) is 20.7 Å². The molecular formula is C32H40N6O5. The molecule has 2 N–H and O–H groups in total. The monoisotopic (exact) mass is 588 g/mol. The Balaban J connectivity index is 1.23. The van der Waals surface area contributed by atoms with Crippen LogP contribution in [0.15, 0.2) is 42.6 Å². The van der Waals surface area contributed by atoms with Crippen LogP contribution in [0, 0.1) is 11.3 Å².